The summed E-state index contributed by atoms with van der Waals surface area (Å²) in [6.45, 7) is 8.54. The molecule has 0 aliphatic rings. The number of hydrogen-bond donors (Lipinski definition) is 0. The summed E-state index contributed by atoms with van der Waals surface area (Å²) in [6.07, 6.45) is 6.78. The van der Waals surface area contributed by atoms with Gasteiger partial charge in [0.1, 0.15) is 6.10 Å². The lowest BCUT2D eigenvalue weighted by Crippen LogP contribution is -2.37. The van der Waals surface area contributed by atoms with Gasteiger partial charge in [0.15, 0.2) is 5.78 Å². The van der Waals surface area contributed by atoms with Gasteiger partial charge in [0.05, 0.1) is 0 Å². The van der Waals surface area contributed by atoms with Gasteiger partial charge in [0, 0.05) is 19.4 Å². The van der Waals surface area contributed by atoms with Crippen molar-refractivity contribution in [3.8, 4) is 12.3 Å². The third-order valence-electron chi connectivity index (χ3n) is 2.16. The molecule has 1 unspecified atom stereocenters. The van der Waals surface area contributed by atoms with E-state index in [1.165, 1.54) is 0 Å². The number of ketones is 1. The van der Waals surface area contributed by atoms with Crippen LogP contribution in [0.4, 0.5) is 0 Å². The number of Topliss-reactive ketones (excluding diaryl/α,β-unsaturated/α-hetero) is 1. The minimum atomic E-state index is -0.305. The standard InChI is InChI=1S/C13H22O2/c1-6-8-9-10-11(14)12(15-7-2)13(3,4)5/h1,12H,7-10H2,2-5H3. The Morgan fingerprint density at radius 1 is 1.47 bits per heavy atom. The van der Waals surface area contributed by atoms with E-state index in [0.717, 1.165) is 6.42 Å². The van der Waals surface area contributed by atoms with Crippen LogP contribution in [-0.2, 0) is 9.53 Å². The summed E-state index contributed by atoms with van der Waals surface area (Å²) in [5.41, 5.74) is -0.136. The van der Waals surface area contributed by atoms with E-state index in [-0.39, 0.29) is 17.3 Å². The predicted octanol–water partition coefficient (Wildman–Crippen LogP) is 2.81. The highest BCUT2D eigenvalue weighted by atomic mass is 16.5. The van der Waals surface area contributed by atoms with E-state index in [1.807, 2.05) is 27.7 Å². The number of ether oxygens (including phenoxy) is 1. The van der Waals surface area contributed by atoms with Crippen LogP contribution in [0.5, 0.6) is 0 Å². The molecular weight excluding hydrogens is 188 g/mol. The zero-order valence-corrected chi connectivity index (χ0v) is 10.3. The zero-order valence-electron chi connectivity index (χ0n) is 10.3. The normalized spacial score (nSPS) is 13.3. The predicted molar refractivity (Wildman–Crippen MR) is 62.6 cm³/mol. The van der Waals surface area contributed by atoms with Gasteiger partial charge in [-0.25, -0.2) is 0 Å². The molecular formula is C13H22O2. The first-order valence-corrected chi connectivity index (χ1v) is 5.51. The fourth-order valence-corrected chi connectivity index (χ4v) is 1.49. The highest BCUT2D eigenvalue weighted by Crippen LogP contribution is 2.24. The molecule has 0 aromatic heterocycles. The van der Waals surface area contributed by atoms with Gasteiger partial charge in [0.25, 0.3) is 0 Å². The molecule has 0 aliphatic carbocycles. The van der Waals surface area contributed by atoms with Crippen molar-refractivity contribution in [1.29, 1.82) is 0 Å². The number of carbonyl (C=O) groups excluding carboxylic acids is 1. The molecule has 0 aromatic rings. The number of rotatable bonds is 6. The Balaban J connectivity index is 4.25. The second kappa shape index (κ2) is 6.63. The Hall–Kier alpha value is -0.810. The Labute approximate surface area is 93.4 Å². The molecule has 86 valence electrons. The summed E-state index contributed by atoms with van der Waals surface area (Å²) in [6, 6.07) is 0. The fraction of sp³-hybridized carbons (Fsp3) is 0.769. The van der Waals surface area contributed by atoms with Crippen molar-refractivity contribution in [3.05, 3.63) is 0 Å². The average molecular weight is 210 g/mol. The van der Waals surface area contributed by atoms with Crippen molar-refractivity contribution < 1.29 is 9.53 Å². The SMILES string of the molecule is C#CCCCC(=O)C(OCC)C(C)(C)C. The summed E-state index contributed by atoms with van der Waals surface area (Å²) in [7, 11) is 0. The van der Waals surface area contributed by atoms with E-state index in [4.69, 9.17) is 11.2 Å². The second-order valence-corrected chi connectivity index (χ2v) is 4.73. The highest BCUT2D eigenvalue weighted by molar-refractivity contribution is 5.83. The monoisotopic (exact) mass is 210 g/mol. The van der Waals surface area contributed by atoms with Crippen molar-refractivity contribution >= 4 is 5.78 Å². The first kappa shape index (κ1) is 14.2. The second-order valence-electron chi connectivity index (χ2n) is 4.73. The van der Waals surface area contributed by atoms with Gasteiger partial charge >= 0.3 is 0 Å². The highest BCUT2D eigenvalue weighted by Gasteiger charge is 2.30. The molecule has 0 radical (unpaired) electrons. The zero-order chi connectivity index (χ0) is 11.9. The quantitative estimate of drug-likeness (QED) is 0.498. The molecule has 15 heavy (non-hydrogen) atoms. The number of hydrogen-bond acceptors (Lipinski definition) is 2. The molecule has 0 aromatic carbocycles. The third kappa shape index (κ3) is 5.59. The van der Waals surface area contributed by atoms with Gasteiger partial charge in [-0.05, 0) is 18.8 Å². The summed E-state index contributed by atoms with van der Waals surface area (Å²) < 4.78 is 5.50. The van der Waals surface area contributed by atoms with E-state index in [0.29, 0.717) is 19.4 Å². The Morgan fingerprint density at radius 2 is 2.07 bits per heavy atom. The number of terminal acetylenes is 1. The van der Waals surface area contributed by atoms with Gasteiger partial charge in [-0.3, -0.25) is 4.79 Å². The van der Waals surface area contributed by atoms with Gasteiger partial charge in [0.2, 0.25) is 0 Å². The molecule has 0 rings (SSSR count). The molecule has 0 aliphatic heterocycles. The topological polar surface area (TPSA) is 26.3 Å². The molecule has 0 amide bonds. The lowest BCUT2D eigenvalue weighted by molar-refractivity contribution is -0.137. The van der Waals surface area contributed by atoms with Gasteiger partial charge in [-0.2, -0.15) is 0 Å². The molecule has 0 saturated carbocycles. The summed E-state index contributed by atoms with van der Waals surface area (Å²) in [5.74, 6) is 2.71. The van der Waals surface area contributed by atoms with Crippen molar-refractivity contribution in [2.45, 2.75) is 53.1 Å². The van der Waals surface area contributed by atoms with E-state index in [2.05, 4.69) is 5.92 Å². The first-order chi connectivity index (χ1) is 6.93. The molecule has 2 nitrogen and oxygen atoms in total. The van der Waals surface area contributed by atoms with Crippen LogP contribution >= 0.6 is 0 Å². The maximum Gasteiger partial charge on any atom is 0.162 e. The smallest absolute Gasteiger partial charge is 0.162 e. The molecule has 2 heteroatoms. The van der Waals surface area contributed by atoms with Crippen molar-refractivity contribution in [2.75, 3.05) is 6.61 Å². The van der Waals surface area contributed by atoms with Crippen LogP contribution in [0.2, 0.25) is 0 Å². The van der Waals surface area contributed by atoms with Gasteiger partial charge < -0.3 is 4.74 Å². The van der Waals surface area contributed by atoms with Crippen LogP contribution < -0.4 is 0 Å². The van der Waals surface area contributed by atoms with Gasteiger partial charge in [-0.1, -0.05) is 20.8 Å². The van der Waals surface area contributed by atoms with Crippen molar-refractivity contribution in [2.24, 2.45) is 5.41 Å². The maximum atomic E-state index is 11.9. The fourth-order valence-electron chi connectivity index (χ4n) is 1.49. The van der Waals surface area contributed by atoms with E-state index in [9.17, 15) is 4.79 Å². The van der Waals surface area contributed by atoms with Crippen LogP contribution in [0.25, 0.3) is 0 Å². The van der Waals surface area contributed by atoms with Crippen LogP contribution in [0.3, 0.4) is 0 Å². The van der Waals surface area contributed by atoms with Crippen LogP contribution in [0, 0.1) is 17.8 Å². The number of carbonyl (C=O) groups is 1. The van der Waals surface area contributed by atoms with Crippen LogP contribution in [-0.4, -0.2) is 18.5 Å². The van der Waals surface area contributed by atoms with Crippen molar-refractivity contribution in [1.82, 2.24) is 0 Å². The van der Waals surface area contributed by atoms with Crippen molar-refractivity contribution in [3.63, 3.8) is 0 Å². The van der Waals surface area contributed by atoms with Gasteiger partial charge in [-0.15, -0.1) is 12.3 Å². The largest absolute Gasteiger partial charge is 0.370 e. The molecule has 0 spiro atoms. The Bertz CT molecular complexity index is 230. The Kier molecular flexibility index (Phi) is 6.27. The van der Waals surface area contributed by atoms with E-state index in [1.54, 1.807) is 0 Å². The molecule has 0 heterocycles. The lowest BCUT2D eigenvalue weighted by Gasteiger charge is -2.29. The summed E-state index contributed by atoms with van der Waals surface area (Å²) >= 11 is 0. The summed E-state index contributed by atoms with van der Waals surface area (Å²) in [4.78, 5) is 11.9. The minimum Gasteiger partial charge on any atom is -0.370 e. The molecule has 0 fully saturated rings. The third-order valence-corrected chi connectivity index (χ3v) is 2.16. The number of unbranched alkanes of at least 4 members (excludes halogenated alkanes) is 1. The molecule has 1 atom stereocenters. The summed E-state index contributed by atoms with van der Waals surface area (Å²) in [5, 5.41) is 0. The van der Waals surface area contributed by atoms with Crippen LogP contribution in [0.1, 0.15) is 47.0 Å². The minimum absolute atomic E-state index is 0.136. The molecule has 0 saturated heterocycles. The van der Waals surface area contributed by atoms with E-state index < -0.39 is 0 Å². The average Bonchev–Trinajstić information content (AvgIpc) is 2.12. The first-order valence-electron chi connectivity index (χ1n) is 5.51. The molecule has 0 N–H and O–H groups in total. The maximum absolute atomic E-state index is 11.9. The lowest BCUT2D eigenvalue weighted by atomic mass is 9.85. The molecule has 0 bridgehead atoms. The Morgan fingerprint density at radius 3 is 2.47 bits per heavy atom. The van der Waals surface area contributed by atoms with E-state index >= 15 is 0 Å². The van der Waals surface area contributed by atoms with Crippen LogP contribution in [0.15, 0.2) is 0 Å².